The van der Waals surface area contributed by atoms with Gasteiger partial charge in [0.05, 0.1) is 0 Å². The van der Waals surface area contributed by atoms with Gasteiger partial charge in [0, 0.05) is 19.3 Å². The number of unbranched alkanes of at least 4 members (excludes halogenated alkanes) is 42. The number of esters is 2. The summed E-state index contributed by atoms with van der Waals surface area (Å²) in [6.07, 6.45) is 60.9. The van der Waals surface area contributed by atoms with E-state index in [2.05, 4.69) is 20.8 Å². The van der Waals surface area contributed by atoms with Gasteiger partial charge in [-0.2, -0.15) is 0 Å². The molecule has 378 valence electrons. The van der Waals surface area contributed by atoms with Crippen LogP contribution < -0.4 is 0 Å². The minimum Gasteiger partial charge on any atom is -0.478 e. The Labute approximate surface area is 399 Å². The molecule has 0 saturated heterocycles. The van der Waals surface area contributed by atoms with Gasteiger partial charge in [-0.05, 0) is 19.3 Å². The second kappa shape index (κ2) is 47.9. The van der Waals surface area contributed by atoms with E-state index in [9.17, 15) is 9.59 Å². The number of ether oxygens (including phenoxy) is 3. The van der Waals surface area contributed by atoms with Crippen LogP contribution in [0.1, 0.15) is 329 Å². The average Bonchev–Trinajstić information content (AvgIpc) is 3.71. The molecule has 64 heavy (non-hydrogen) atoms. The maximum absolute atomic E-state index is 12.9. The van der Waals surface area contributed by atoms with Gasteiger partial charge in [0.1, 0.15) is 19.8 Å². The summed E-state index contributed by atoms with van der Waals surface area (Å²) in [5, 5.41) is 0. The monoisotopic (exact) mass is 902 g/mol. The summed E-state index contributed by atoms with van der Waals surface area (Å²) in [4.78, 5) is 30.7. The summed E-state index contributed by atoms with van der Waals surface area (Å²) in [7, 11) is 0. The van der Waals surface area contributed by atoms with Crippen molar-refractivity contribution in [2.75, 3.05) is 19.8 Å². The summed E-state index contributed by atoms with van der Waals surface area (Å²) in [6.45, 7) is 7.38. The van der Waals surface area contributed by atoms with Crippen LogP contribution in [-0.2, 0) is 23.8 Å². The van der Waals surface area contributed by atoms with E-state index in [4.69, 9.17) is 19.2 Å². The Kier molecular flexibility index (Phi) is 45.2. The van der Waals surface area contributed by atoms with Crippen molar-refractivity contribution in [3.8, 4) is 0 Å². The Bertz CT molecular complexity index is 978. The molecule has 1 aliphatic rings. The third kappa shape index (κ3) is 40.7. The molecular weight excluding hydrogens is 791 g/mol. The standard InChI is InChI=1S/C58H111NO5/c1-4-7-10-13-16-19-22-25-28-31-34-37-40-43-46-49-55-59-58(52-62-55,53-63-56(60)50-47-44-41-38-35-32-29-26-23-20-17-14-11-8-5-2)54-64-57(61)51-48-45-42-39-36-33-30-27-24-21-18-15-12-9-6-3/h4-54H2,1-3H3. The lowest BCUT2D eigenvalue weighted by molar-refractivity contribution is -0.150. The average molecular weight is 903 g/mol. The van der Waals surface area contributed by atoms with Crippen LogP contribution in [0.15, 0.2) is 4.99 Å². The van der Waals surface area contributed by atoms with Crippen molar-refractivity contribution in [3.63, 3.8) is 0 Å². The number of hydrogen-bond donors (Lipinski definition) is 0. The number of aliphatic imine (C=N–C) groups is 1. The van der Waals surface area contributed by atoms with Crippen molar-refractivity contribution in [2.24, 2.45) is 4.99 Å². The highest BCUT2D eigenvalue weighted by atomic mass is 16.6. The molecule has 0 aliphatic carbocycles. The molecule has 0 aromatic heterocycles. The molecule has 0 fully saturated rings. The first-order valence-corrected chi connectivity index (χ1v) is 29.1. The Morgan fingerprint density at radius 2 is 0.609 bits per heavy atom. The summed E-state index contributed by atoms with van der Waals surface area (Å²) in [5.41, 5.74) is -0.833. The molecule has 6 heteroatoms. The lowest BCUT2D eigenvalue weighted by Gasteiger charge is -2.23. The summed E-state index contributed by atoms with van der Waals surface area (Å²) >= 11 is 0. The van der Waals surface area contributed by atoms with E-state index < -0.39 is 5.54 Å². The van der Waals surface area contributed by atoms with Gasteiger partial charge >= 0.3 is 11.9 Å². The topological polar surface area (TPSA) is 74.2 Å². The molecule has 1 heterocycles. The molecule has 0 aromatic rings. The molecule has 0 unspecified atom stereocenters. The maximum Gasteiger partial charge on any atom is 0.305 e. The molecule has 1 aliphatic heterocycles. The Morgan fingerprint density at radius 1 is 0.375 bits per heavy atom. The third-order valence-electron chi connectivity index (χ3n) is 13.8. The Balaban J connectivity index is 2.33. The van der Waals surface area contributed by atoms with Crippen molar-refractivity contribution < 1.29 is 23.8 Å². The summed E-state index contributed by atoms with van der Waals surface area (Å²) < 4.78 is 17.8. The van der Waals surface area contributed by atoms with Crippen molar-refractivity contribution >= 4 is 17.8 Å². The van der Waals surface area contributed by atoms with E-state index in [1.54, 1.807) is 0 Å². The fraction of sp³-hybridized carbons (Fsp3) is 0.948. The maximum atomic E-state index is 12.9. The zero-order valence-electron chi connectivity index (χ0n) is 43.6. The molecule has 0 aromatic carbocycles. The van der Waals surface area contributed by atoms with Crippen LogP contribution in [0.4, 0.5) is 0 Å². The second-order valence-corrected chi connectivity index (χ2v) is 20.4. The fourth-order valence-electron chi connectivity index (χ4n) is 9.37. The molecule has 0 radical (unpaired) electrons. The summed E-state index contributed by atoms with van der Waals surface area (Å²) in [5.74, 6) is 0.375. The lowest BCUT2D eigenvalue weighted by Crippen LogP contribution is -2.41. The summed E-state index contributed by atoms with van der Waals surface area (Å²) in [6, 6.07) is 0. The molecule has 0 N–H and O–H groups in total. The zero-order valence-corrected chi connectivity index (χ0v) is 43.6. The van der Waals surface area contributed by atoms with E-state index in [-0.39, 0.29) is 25.2 Å². The van der Waals surface area contributed by atoms with Gasteiger partial charge in [-0.15, -0.1) is 0 Å². The number of carbonyl (C=O) groups excluding carboxylic acids is 2. The van der Waals surface area contributed by atoms with E-state index in [1.807, 2.05) is 0 Å². The lowest BCUT2D eigenvalue weighted by atomic mass is 10.0. The largest absolute Gasteiger partial charge is 0.478 e. The highest BCUT2D eigenvalue weighted by Crippen LogP contribution is 2.25. The number of hydrogen-bond acceptors (Lipinski definition) is 6. The molecular formula is C58H111NO5. The smallest absolute Gasteiger partial charge is 0.305 e. The second-order valence-electron chi connectivity index (χ2n) is 20.4. The fourth-order valence-corrected chi connectivity index (χ4v) is 9.37. The van der Waals surface area contributed by atoms with Crippen molar-refractivity contribution in [1.82, 2.24) is 0 Å². The third-order valence-corrected chi connectivity index (χ3v) is 13.8. The van der Waals surface area contributed by atoms with Gasteiger partial charge in [-0.3, -0.25) is 9.59 Å². The van der Waals surface area contributed by atoms with Crippen LogP contribution in [0.5, 0.6) is 0 Å². The first-order chi connectivity index (χ1) is 31.5. The van der Waals surface area contributed by atoms with Gasteiger partial charge in [0.15, 0.2) is 11.4 Å². The van der Waals surface area contributed by atoms with Crippen molar-refractivity contribution in [3.05, 3.63) is 0 Å². The van der Waals surface area contributed by atoms with Gasteiger partial charge < -0.3 is 14.2 Å². The quantitative estimate of drug-likeness (QED) is 0.0449. The van der Waals surface area contributed by atoms with Crippen molar-refractivity contribution in [1.29, 1.82) is 0 Å². The van der Waals surface area contributed by atoms with E-state index >= 15 is 0 Å². The van der Waals surface area contributed by atoms with Crippen LogP contribution in [0.3, 0.4) is 0 Å². The van der Waals surface area contributed by atoms with Gasteiger partial charge in [0.25, 0.3) is 0 Å². The molecule has 0 amide bonds. The van der Waals surface area contributed by atoms with Crippen molar-refractivity contribution in [2.45, 2.75) is 335 Å². The molecule has 1 rings (SSSR count). The number of carbonyl (C=O) groups is 2. The Hall–Kier alpha value is -1.59. The molecule has 0 spiro atoms. The van der Waals surface area contributed by atoms with Crippen LogP contribution in [0.2, 0.25) is 0 Å². The highest BCUT2D eigenvalue weighted by molar-refractivity contribution is 5.78. The van der Waals surface area contributed by atoms with Gasteiger partial charge in [-0.25, -0.2) is 4.99 Å². The molecule has 0 atom stereocenters. The van der Waals surface area contributed by atoms with E-state index in [1.165, 1.54) is 257 Å². The zero-order chi connectivity index (χ0) is 46.1. The minimum atomic E-state index is -0.833. The van der Waals surface area contributed by atoms with Crippen LogP contribution >= 0.6 is 0 Å². The molecule has 0 saturated carbocycles. The predicted molar refractivity (Wildman–Crippen MR) is 277 cm³/mol. The van der Waals surface area contributed by atoms with Crippen LogP contribution in [0.25, 0.3) is 0 Å². The highest BCUT2D eigenvalue weighted by Gasteiger charge is 2.39. The minimum absolute atomic E-state index is 0.110. The first kappa shape index (κ1) is 60.4. The van der Waals surface area contributed by atoms with Crippen LogP contribution in [0, 0.1) is 0 Å². The van der Waals surface area contributed by atoms with E-state index in [0.717, 1.165) is 44.4 Å². The van der Waals surface area contributed by atoms with E-state index in [0.29, 0.717) is 19.4 Å². The number of rotatable bonds is 52. The predicted octanol–water partition coefficient (Wildman–Crippen LogP) is 19.0. The van der Waals surface area contributed by atoms with Gasteiger partial charge in [-0.1, -0.05) is 290 Å². The normalized spacial score (nSPS) is 13.3. The molecule has 0 bridgehead atoms. The number of nitrogens with zero attached hydrogens (tertiary/aromatic N) is 1. The van der Waals surface area contributed by atoms with Crippen LogP contribution in [-0.4, -0.2) is 43.2 Å². The SMILES string of the molecule is CCCCCCCCCCCCCCCCCC(=O)OCC1(COC(=O)CCCCCCCCCCCCCCCCC)COC(CCCCCCCCCCCCCCCCC)=N1. The first-order valence-electron chi connectivity index (χ1n) is 29.1. The Morgan fingerprint density at radius 3 is 0.875 bits per heavy atom. The van der Waals surface area contributed by atoms with Gasteiger partial charge in [0.2, 0.25) is 0 Å². The molecule has 6 nitrogen and oxygen atoms in total.